The third kappa shape index (κ3) is 5.66. The van der Waals surface area contributed by atoms with Crippen LogP contribution in [-0.2, 0) is 14.3 Å². The van der Waals surface area contributed by atoms with E-state index in [2.05, 4.69) is 34.9 Å². The highest BCUT2D eigenvalue weighted by molar-refractivity contribution is 5.80. The molecule has 0 saturated heterocycles. The average molecular weight is 479 g/mol. The molecule has 0 spiro atoms. The predicted octanol–water partition coefficient (Wildman–Crippen LogP) is 4.56. The molecule has 3 unspecified atom stereocenters. The molecule has 3 N–H and O–H groups in total. The van der Waals surface area contributed by atoms with Crippen molar-refractivity contribution < 1.29 is 24.2 Å². The van der Waals surface area contributed by atoms with E-state index in [4.69, 9.17) is 4.74 Å². The van der Waals surface area contributed by atoms with Crippen molar-refractivity contribution in [3.63, 3.8) is 0 Å². The molecule has 2 amide bonds. The number of carboxylic acids is 1. The molecule has 1 fully saturated rings. The number of nitrogens with one attached hydrogen (secondary N) is 2. The molecule has 2 aromatic rings. The Balaban J connectivity index is 1.28. The van der Waals surface area contributed by atoms with E-state index in [0.717, 1.165) is 30.4 Å². The number of ether oxygens (including phenoxy) is 1. The summed E-state index contributed by atoms with van der Waals surface area (Å²) in [4.78, 5) is 36.7. The second-order valence-electron chi connectivity index (χ2n) is 9.57. The molecule has 0 aromatic heterocycles. The van der Waals surface area contributed by atoms with Crippen LogP contribution in [0.5, 0.6) is 0 Å². The summed E-state index contributed by atoms with van der Waals surface area (Å²) in [7, 11) is 0. The minimum Gasteiger partial charge on any atom is -0.481 e. The van der Waals surface area contributed by atoms with Gasteiger partial charge < -0.3 is 20.5 Å². The van der Waals surface area contributed by atoms with Gasteiger partial charge in [0.05, 0.1) is 11.8 Å². The minimum atomic E-state index is -0.788. The van der Waals surface area contributed by atoms with Crippen LogP contribution >= 0.6 is 0 Å². The molecular weight excluding hydrogens is 444 g/mol. The van der Waals surface area contributed by atoms with Crippen molar-refractivity contribution in [3.05, 3.63) is 59.7 Å². The Bertz CT molecular complexity index is 1020. The second-order valence-corrected chi connectivity index (χ2v) is 9.57. The standard InChI is InChI=1S/C28H34N2O5/c1-2-8-19(26(31)29-15-18-9-7-14-20(18)27(32)33)16-30-28(34)35-17-25-23-12-5-3-10-21(23)22-11-4-6-13-24(22)25/h3-6,10-13,18-20,25H,2,7-9,14-17H2,1H3,(H,29,31)(H,30,34)(H,32,33). The van der Waals surface area contributed by atoms with Crippen molar-refractivity contribution in [2.45, 2.75) is 44.9 Å². The van der Waals surface area contributed by atoms with E-state index in [0.29, 0.717) is 19.4 Å². The van der Waals surface area contributed by atoms with Gasteiger partial charge in [0.1, 0.15) is 6.61 Å². The van der Waals surface area contributed by atoms with E-state index in [1.165, 1.54) is 11.1 Å². The van der Waals surface area contributed by atoms with Gasteiger partial charge in [0.25, 0.3) is 0 Å². The molecule has 0 bridgehead atoms. The van der Waals surface area contributed by atoms with Crippen LogP contribution in [0.4, 0.5) is 4.79 Å². The monoisotopic (exact) mass is 478 g/mol. The molecule has 0 radical (unpaired) electrons. The first-order chi connectivity index (χ1) is 17.0. The van der Waals surface area contributed by atoms with Crippen LogP contribution < -0.4 is 10.6 Å². The number of aliphatic carboxylic acids is 1. The van der Waals surface area contributed by atoms with Crippen molar-refractivity contribution >= 4 is 18.0 Å². The zero-order valence-corrected chi connectivity index (χ0v) is 20.2. The summed E-state index contributed by atoms with van der Waals surface area (Å²) in [5.74, 6) is -1.76. The summed E-state index contributed by atoms with van der Waals surface area (Å²) in [5.41, 5.74) is 4.64. The number of carbonyl (C=O) groups excluding carboxylic acids is 2. The molecule has 0 heterocycles. The molecule has 7 heteroatoms. The first-order valence-corrected chi connectivity index (χ1v) is 12.6. The highest BCUT2D eigenvalue weighted by Crippen LogP contribution is 2.44. The van der Waals surface area contributed by atoms with E-state index in [-0.39, 0.29) is 42.7 Å². The van der Waals surface area contributed by atoms with Crippen molar-refractivity contribution in [2.75, 3.05) is 19.7 Å². The van der Waals surface area contributed by atoms with Crippen LogP contribution in [0.2, 0.25) is 0 Å². The lowest BCUT2D eigenvalue weighted by molar-refractivity contribution is -0.143. The van der Waals surface area contributed by atoms with Crippen LogP contribution in [0.1, 0.15) is 56.1 Å². The first-order valence-electron chi connectivity index (χ1n) is 12.6. The highest BCUT2D eigenvalue weighted by Gasteiger charge is 2.33. The summed E-state index contributed by atoms with van der Waals surface area (Å²) in [5, 5.41) is 15.0. The SMILES string of the molecule is CCCC(CNC(=O)OCC1c2ccccc2-c2ccccc21)C(=O)NCC1CCCC1C(=O)O. The van der Waals surface area contributed by atoms with E-state index >= 15 is 0 Å². The van der Waals surface area contributed by atoms with Crippen LogP contribution in [0.3, 0.4) is 0 Å². The van der Waals surface area contributed by atoms with Gasteiger partial charge >= 0.3 is 12.1 Å². The zero-order valence-electron chi connectivity index (χ0n) is 20.2. The van der Waals surface area contributed by atoms with E-state index < -0.39 is 12.1 Å². The third-order valence-corrected chi connectivity index (χ3v) is 7.36. The number of amides is 2. The Morgan fingerprint density at radius 1 is 1.00 bits per heavy atom. The fourth-order valence-electron chi connectivity index (χ4n) is 5.51. The second kappa shape index (κ2) is 11.4. The molecule has 2 aliphatic rings. The summed E-state index contributed by atoms with van der Waals surface area (Å²) >= 11 is 0. The molecule has 3 atom stereocenters. The van der Waals surface area contributed by atoms with Gasteiger partial charge in [-0.05, 0) is 47.4 Å². The van der Waals surface area contributed by atoms with E-state index in [1.807, 2.05) is 31.2 Å². The van der Waals surface area contributed by atoms with Gasteiger partial charge in [-0.25, -0.2) is 4.79 Å². The van der Waals surface area contributed by atoms with Crippen molar-refractivity contribution in [3.8, 4) is 11.1 Å². The molecular formula is C28H34N2O5. The maximum absolute atomic E-state index is 12.8. The summed E-state index contributed by atoms with van der Waals surface area (Å²) in [6.07, 6.45) is 3.24. The Labute approximate surface area is 206 Å². The zero-order chi connectivity index (χ0) is 24.8. The van der Waals surface area contributed by atoms with Crippen LogP contribution in [0.15, 0.2) is 48.5 Å². The summed E-state index contributed by atoms with van der Waals surface area (Å²) in [6, 6.07) is 16.3. The van der Waals surface area contributed by atoms with Gasteiger partial charge in [-0.15, -0.1) is 0 Å². The van der Waals surface area contributed by atoms with Crippen LogP contribution in [-0.4, -0.2) is 42.8 Å². The highest BCUT2D eigenvalue weighted by atomic mass is 16.5. The molecule has 35 heavy (non-hydrogen) atoms. The van der Waals surface area contributed by atoms with Crippen LogP contribution in [0, 0.1) is 17.8 Å². The number of hydrogen-bond acceptors (Lipinski definition) is 4. The lowest BCUT2D eigenvalue weighted by Gasteiger charge is -2.21. The average Bonchev–Trinajstić information content (AvgIpc) is 3.47. The molecule has 2 aromatic carbocycles. The summed E-state index contributed by atoms with van der Waals surface area (Å²) in [6.45, 7) is 2.76. The Kier molecular flexibility index (Phi) is 8.06. The van der Waals surface area contributed by atoms with Gasteiger partial charge in [-0.3, -0.25) is 9.59 Å². The topological polar surface area (TPSA) is 105 Å². The Morgan fingerprint density at radius 2 is 1.66 bits per heavy atom. The molecule has 4 rings (SSSR count). The Morgan fingerprint density at radius 3 is 2.29 bits per heavy atom. The smallest absolute Gasteiger partial charge is 0.407 e. The predicted molar refractivity (Wildman–Crippen MR) is 133 cm³/mol. The van der Waals surface area contributed by atoms with E-state index in [1.54, 1.807) is 0 Å². The number of carboxylic acid groups (broad SMARTS) is 1. The number of rotatable bonds is 10. The molecule has 186 valence electrons. The number of alkyl carbamates (subject to hydrolysis) is 1. The van der Waals surface area contributed by atoms with Crippen molar-refractivity contribution in [1.29, 1.82) is 0 Å². The summed E-state index contributed by atoms with van der Waals surface area (Å²) < 4.78 is 5.58. The molecule has 0 aliphatic heterocycles. The molecule has 1 saturated carbocycles. The third-order valence-electron chi connectivity index (χ3n) is 7.36. The number of benzene rings is 2. The first kappa shape index (κ1) is 24.8. The lowest BCUT2D eigenvalue weighted by atomic mass is 9.95. The van der Waals surface area contributed by atoms with Gasteiger partial charge in [0.2, 0.25) is 5.91 Å². The molecule has 2 aliphatic carbocycles. The van der Waals surface area contributed by atoms with Gasteiger partial charge in [-0.2, -0.15) is 0 Å². The normalized spacial score (nSPS) is 19.5. The Hall–Kier alpha value is -3.35. The lowest BCUT2D eigenvalue weighted by Crippen LogP contribution is -2.41. The number of carbonyl (C=O) groups is 3. The van der Waals surface area contributed by atoms with Crippen molar-refractivity contribution in [1.82, 2.24) is 10.6 Å². The van der Waals surface area contributed by atoms with Gasteiger partial charge in [0.15, 0.2) is 0 Å². The largest absolute Gasteiger partial charge is 0.481 e. The number of hydrogen-bond donors (Lipinski definition) is 3. The fourth-order valence-corrected chi connectivity index (χ4v) is 5.51. The van der Waals surface area contributed by atoms with E-state index in [9.17, 15) is 19.5 Å². The van der Waals surface area contributed by atoms with Gasteiger partial charge in [-0.1, -0.05) is 68.3 Å². The van der Waals surface area contributed by atoms with Crippen LogP contribution in [0.25, 0.3) is 11.1 Å². The maximum Gasteiger partial charge on any atom is 0.407 e. The minimum absolute atomic E-state index is 0.0171. The maximum atomic E-state index is 12.8. The number of fused-ring (bicyclic) bond motifs is 3. The molecule has 7 nitrogen and oxygen atoms in total. The fraction of sp³-hybridized carbons (Fsp3) is 0.464. The van der Waals surface area contributed by atoms with Crippen molar-refractivity contribution in [2.24, 2.45) is 17.8 Å². The quantitative estimate of drug-likeness (QED) is 0.464. The van der Waals surface area contributed by atoms with Gasteiger partial charge in [0, 0.05) is 19.0 Å².